The van der Waals surface area contributed by atoms with Crippen LogP contribution < -0.4 is 0 Å². The van der Waals surface area contributed by atoms with Gasteiger partial charge >= 0.3 is 0 Å². The van der Waals surface area contributed by atoms with Gasteiger partial charge in [-0.25, -0.2) is 4.39 Å². The van der Waals surface area contributed by atoms with Crippen LogP contribution in [0.2, 0.25) is 0 Å². The molecular weight excluding hydrogens is 263 g/mol. The summed E-state index contributed by atoms with van der Waals surface area (Å²) < 4.78 is 13.3. The Morgan fingerprint density at radius 2 is 1.52 bits per heavy atom. The summed E-state index contributed by atoms with van der Waals surface area (Å²) >= 11 is 0. The molecule has 2 heteroatoms. The van der Waals surface area contributed by atoms with Crippen molar-refractivity contribution in [3.8, 4) is 5.75 Å². The summed E-state index contributed by atoms with van der Waals surface area (Å²) in [5, 5.41) is 9.18. The number of aromatic hydroxyl groups is 1. The second-order valence-electron chi connectivity index (χ2n) is 5.95. The van der Waals surface area contributed by atoms with E-state index in [0.717, 1.165) is 31.2 Å². The summed E-state index contributed by atoms with van der Waals surface area (Å²) in [4.78, 5) is 0. The Morgan fingerprint density at radius 3 is 2.14 bits per heavy atom. The molecule has 0 fully saturated rings. The third-order valence-corrected chi connectivity index (χ3v) is 3.98. The summed E-state index contributed by atoms with van der Waals surface area (Å²) in [7, 11) is 0. The minimum absolute atomic E-state index is 0.272. The molecule has 2 aromatic carbocycles. The summed E-state index contributed by atoms with van der Waals surface area (Å²) in [6.07, 6.45) is 4.12. The maximum Gasteiger partial charge on any atom is 0.165 e. The van der Waals surface area contributed by atoms with Gasteiger partial charge in [0.2, 0.25) is 0 Å². The molecule has 0 radical (unpaired) electrons. The Bertz CT molecular complexity index is 575. The fourth-order valence-electron chi connectivity index (χ4n) is 2.43. The lowest BCUT2D eigenvalue weighted by molar-refractivity contribution is 0.431. The molecule has 1 nitrogen and oxygen atoms in total. The van der Waals surface area contributed by atoms with Crippen LogP contribution in [0.15, 0.2) is 42.5 Å². The van der Waals surface area contributed by atoms with Crippen LogP contribution in [-0.4, -0.2) is 5.11 Å². The Hall–Kier alpha value is -1.83. The van der Waals surface area contributed by atoms with Gasteiger partial charge in [-0.1, -0.05) is 42.8 Å². The van der Waals surface area contributed by atoms with Gasteiger partial charge in [0.25, 0.3) is 0 Å². The first-order valence-electron chi connectivity index (χ1n) is 7.57. The SMILES string of the molecule is Cc1ccc(CCC(C)CCc2ccc(O)c(F)c2)cc1. The lowest BCUT2D eigenvalue weighted by Gasteiger charge is -2.11. The summed E-state index contributed by atoms with van der Waals surface area (Å²) in [5.74, 6) is -0.200. The minimum atomic E-state index is -0.528. The first-order valence-corrected chi connectivity index (χ1v) is 7.57. The molecule has 0 heterocycles. The van der Waals surface area contributed by atoms with E-state index in [1.54, 1.807) is 6.07 Å². The van der Waals surface area contributed by atoms with Crippen molar-refractivity contribution in [3.63, 3.8) is 0 Å². The summed E-state index contributed by atoms with van der Waals surface area (Å²) in [6.45, 7) is 4.34. The van der Waals surface area contributed by atoms with Gasteiger partial charge in [0.1, 0.15) is 0 Å². The first-order chi connectivity index (χ1) is 10.0. The maximum atomic E-state index is 13.3. The third-order valence-electron chi connectivity index (χ3n) is 3.98. The molecule has 1 atom stereocenters. The van der Waals surface area contributed by atoms with Crippen molar-refractivity contribution < 1.29 is 9.50 Å². The smallest absolute Gasteiger partial charge is 0.165 e. The van der Waals surface area contributed by atoms with E-state index in [-0.39, 0.29) is 5.75 Å². The zero-order valence-electron chi connectivity index (χ0n) is 12.8. The molecule has 2 aromatic rings. The topological polar surface area (TPSA) is 20.2 Å². The van der Waals surface area contributed by atoms with Crippen molar-refractivity contribution in [3.05, 3.63) is 65.0 Å². The lowest BCUT2D eigenvalue weighted by atomic mass is 9.94. The molecule has 0 aliphatic rings. The van der Waals surface area contributed by atoms with Crippen molar-refractivity contribution >= 4 is 0 Å². The van der Waals surface area contributed by atoms with Crippen LogP contribution in [0.3, 0.4) is 0 Å². The van der Waals surface area contributed by atoms with Gasteiger partial charge in [-0.15, -0.1) is 0 Å². The molecule has 0 spiro atoms. The first kappa shape index (κ1) is 15.6. The van der Waals surface area contributed by atoms with E-state index in [2.05, 4.69) is 38.1 Å². The lowest BCUT2D eigenvalue weighted by Crippen LogP contribution is -2.00. The van der Waals surface area contributed by atoms with E-state index in [0.29, 0.717) is 5.92 Å². The molecule has 0 saturated carbocycles. The predicted molar refractivity (Wildman–Crippen MR) is 85.0 cm³/mol. The van der Waals surface area contributed by atoms with E-state index in [1.165, 1.54) is 23.3 Å². The molecule has 1 N–H and O–H groups in total. The molecule has 0 bridgehead atoms. The van der Waals surface area contributed by atoms with Crippen molar-refractivity contribution in [2.75, 3.05) is 0 Å². The van der Waals surface area contributed by atoms with E-state index in [9.17, 15) is 9.50 Å². The van der Waals surface area contributed by atoms with Crippen molar-refractivity contribution in [1.82, 2.24) is 0 Å². The third kappa shape index (κ3) is 4.89. The molecule has 0 aromatic heterocycles. The highest BCUT2D eigenvalue weighted by Crippen LogP contribution is 2.20. The van der Waals surface area contributed by atoms with E-state index in [4.69, 9.17) is 0 Å². The standard InChI is InChI=1S/C19H23FO/c1-14-3-7-16(8-4-14)9-5-15(2)6-10-17-11-12-19(21)18(20)13-17/h3-4,7-8,11-13,15,21H,5-6,9-10H2,1-2H3. The second kappa shape index (κ2) is 7.26. The quantitative estimate of drug-likeness (QED) is 0.788. The molecule has 0 aliphatic carbocycles. The number of aryl methyl sites for hydroxylation is 3. The van der Waals surface area contributed by atoms with Crippen molar-refractivity contribution in [1.29, 1.82) is 0 Å². The highest BCUT2D eigenvalue weighted by molar-refractivity contribution is 5.28. The van der Waals surface area contributed by atoms with E-state index >= 15 is 0 Å². The van der Waals surface area contributed by atoms with Gasteiger partial charge < -0.3 is 5.11 Å². The Labute approximate surface area is 126 Å². The van der Waals surface area contributed by atoms with E-state index < -0.39 is 5.82 Å². The van der Waals surface area contributed by atoms with Crippen molar-refractivity contribution in [2.24, 2.45) is 5.92 Å². The molecule has 0 saturated heterocycles. The average molecular weight is 286 g/mol. The van der Waals surface area contributed by atoms with Crippen LogP contribution in [0.25, 0.3) is 0 Å². The highest BCUT2D eigenvalue weighted by atomic mass is 19.1. The molecule has 2 rings (SSSR count). The van der Waals surface area contributed by atoms with Crippen molar-refractivity contribution in [2.45, 2.75) is 39.5 Å². The van der Waals surface area contributed by atoms with Crippen LogP contribution in [0, 0.1) is 18.7 Å². The largest absolute Gasteiger partial charge is 0.505 e. The maximum absolute atomic E-state index is 13.3. The molecule has 112 valence electrons. The Morgan fingerprint density at radius 1 is 0.952 bits per heavy atom. The molecule has 1 unspecified atom stereocenters. The van der Waals surface area contributed by atoms with Crippen LogP contribution >= 0.6 is 0 Å². The number of phenolic OH excluding ortho intramolecular Hbond substituents is 1. The monoisotopic (exact) mass is 286 g/mol. The van der Waals surface area contributed by atoms with Gasteiger partial charge in [-0.3, -0.25) is 0 Å². The van der Waals surface area contributed by atoms with Gasteiger partial charge in [-0.05, 0) is 61.8 Å². The Balaban J connectivity index is 1.77. The summed E-state index contributed by atoms with van der Waals surface area (Å²) in [6, 6.07) is 13.3. The Kier molecular flexibility index (Phi) is 5.38. The minimum Gasteiger partial charge on any atom is -0.505 e. The van der Waals surface area contributed by atoms with Gasteiger partial charge in [0.15, 0.2) is 11.6 Å². The van der Waals surface area contributed by atoms with E-state index in [1.807, 2.05) is 0 Å². The number of hydrogen-bond acceptors (Lipinski definition) is 1. The average Bonchev–Trinajstić information content (AvgIpc) is 2.48. The number of benzene rings is 2. The van der Waals surface area contributed by atoms with Crippen LogP contribution in [0.1, 0.15) is 36.5 Å². The fourth-order valence-corrected chi connectivity index (χ4v) is 2.43. The molecular formula is C19H23FO. The zero-order chi connectivity index (χ0) is 15.2. The number of halogens is 1. The number of hydrogen-bond donors (Lipinski definition) is 1. The summed E-state index contributed by atoms with van der Waals surface area (Å²) in [5.41, 5.74) is 3.62. The predicted octanol–water partition coefficient (Wildman–Crippen LogP) is 5.04. The highest BCUT2D eigenvalue weighted by Gasteiger charge is 2.06. The number of phenols is 1. The number of rotatable bonds is 6. The van der Waals surface area contributed by atoms with Gasteiger partial charge in [0, 0.05) is 0 Å². The normalized spacial score (nSPS) is 12.3. The molecule has 0 aliphatic heterocycles. The molecule has 21 heavy (non-hydrogen) atoms. The fraction of sp³-hybridized carbons (Fsp3) is 0.368. The van der Waals surface area contributed by atoms with Crippen LogP contribution in [0.4, 0.5) is 4.39 Å². The molecule has 0 amide bonds. The van der Waals surface area contributed by atoms with Crippen LogP contribution in [0.5, 0.6) is 5.75 Å². The zero-order valence-corrected chi connectivity index (χ0v) is 12.8. The van der Waals surface area contributed by atoms with Crippen LogP contribution in [-0.2, 0) is 12.8 Å². The second-order valence-corrected chi connectivity index (χ2v) is 5.95. The van der Waals surface area contributed by atoms with Gasteiger partial charge in [0.05, 0.1) is 0 Å². The van der Waals surface area contributed by atoms with Gasteiger partial charge in [-0.2, -0.15) is 0 Å².